The largest absolute Gasteiger partial charge is 0.480 e. The van der Waals surface area contributed by atoms with Gasteiger partial charge in [0.15, 0.2) is 6.04 Å². The molecule has 2 atom stereocenters. The second-order valence-electron chi connectivity index (χ2n) is 3.42. The Kier molecular flexibility index (Phi) is 4.30. The zero-order valence-corrected chi connectivity index (χ0v) is 9.09. The lowest BCUT2D eigenvalue weighted by molar-refractivity contribution is -0.153. The number of carbonyl (C=O) groups excluding carboxylic acids is 1. The fourth-order valence-corrected chi connectivity index (χ4v) is 1.57. The molecule has 1 rings (SSSR count). The first-order chi connectivity index (χ1) is 7.57. The highest BCUT2D eigenvalue weighted by Gasteiger charge is 2.38. The molecule has 0 saturated carbocycles. The number of aliphatic carboxylic acids is 1. The molecule has 0 aromatic carbocycles. The first-order valence-corrected chi connectivity index (χ1v) is 4.96. The van der Waals surface area contributed by atoms with E-state index in [9.17, 15) is 9.59 Å². The lowest BCUT2D eigenvalue weighted by atomic mass is 10.1. The Hall–Kier alpha value is -1.56. The van der Waals surface area contributed by atoms with E-state index in [4.69, 9.17) is 14.6 Å². The summed E-state index contributed by atoms with van der Waals surface area (Å²) in [5, 5.41) is 9.00. The Bertz CT molecular complexity index is 291. The van der Waals surface area contributed by atoms with Crippen LogP contribution in [0.5, 0.6) is 0 Å². The number of hydrogen-bond acceptors (Lipinski definition) is 4. The first-order valence-electron chi connectivity index (χ1n) is 4.96. The highest BCUT2D eigenvalue weighted by atomic mass is 16.6. The molecule has 1 aliphatic rings. The molecule has 1 amide bonds. The molecular formula is C10H15NO5. The highest BCUT2D eigenvalue weighted by molar-refractivity contribution is 5.80. The number of ether oxygens (including phenoxy) is 2. The van der Waals surface area contributed by atoms with E-state index in [1.807, 2.05) is 0 Å². The molecule has 6 nitrogen and oxygen atoms in total. The van der Waals surface area contributed by atoms with Crippen LogP contribution in [-0.2, 0) is 14.3 Å². The number of morpholine rings is 1. The van der Waals surface area contributed by atoms with Crippen LogP contribution in [0.1, 0.15) is 6.92 Å². The summed E-state index contributed by atoms with van der Waals surface area (Å²) >= 11 is 0. The SMILES string of the molecule is C=CCOC(=O)N1CCO[C@H](C)[C@H]1C(=O)O. The lowest BCUT2D eigenvalue weighted by Gasteiger charge is -2.36. The van der Waals surface area contributed by atoms with Crippen molar-refractivity contribution in [2.45, 2.75) is 19.1 Å². The van der Waals surface area contributed by atoms with Gasteiger partial charge in [0.25, 0.3) is 0 Å². The third-order valence-corrected chi connectivity index (χ3v) is 2.31. The average molecular weight is 229 g/mol. The third kappa shape index (κ3) is 2.73. The molecule has 1 heterocycles. The first kappa shape index (κ1) is 12.5. The van der Waals surface area contributed by atoms with E-state index in [2.05, 4.69) is 6.58 Å². The van der Waals surface area contributed by atoms with E-state index in [-0.39, 0.29) is 13.2 Å². The van der Waals surface area contributed by atoms with Crippen molar-refractivity contribution in [3.63, 3.8) is 0 Å². The standard InChI is InChI=1S/C10H15NO5/c1-3-5-16-10(14)11-4-6-15-7(2)8(11)9(12)13/h3,7-8H,1,4-6H2,2H3,(H,12,13)/t7-,8+/m1/s1. The Morgan fingerprint density at radius 1 is 1.69 bits per heavy atom. The van der Waals surface area contributed by atoms with Gasteiger partial charge < -0.3 is 14.6 Å². The quantitative estimate of drug-likeness (QED) is 0.712. The molecule has 0 unspecified atom stereocenters. The van der Waals surface area contributed by atoms with E-state index in [1.54, 1.807) is 6.92 Å². The van der Waals surface area contributed by atoms with Crippen molar-refractivity contribution >= 4 is 12.1 Å². The van der Waals surface area contributed by atoms with Gasteiger partial charge in [-0.05, 0) is 6.92 Å². The van der Waals surface area contributed by atoms with E-state index < -0.39 is 24.2 Å². The van der Waals surface area contributed by atoms with Gasteiger partial charge in [-0.1, -0.05) is 12.7 Å². The van der Waals surface area contributed by atoms with Crippen molar-refractivity contribution in [1.29, 1.82) is 0 Å². The minimum Gasteiger partial charge on any atom is -0.480 e. The van der Waals surface area contributed by atoms with Crippen LogP contribution in [0.3, 0.4) is 0 Å². The van der Waals surface area contributed by atoms with Gasteiger partial charge in [-0.25, -0.2) is 9.59 Å². The molecular weight excluding hydrogens is 214 g/mol. The van der Waals surface area contributed by atoms with Crippen LogP contribution in [0.4, 0.5) is 4.79 Å². The zero-order valence-electron chi connectivity index (χ0n) is 9.09. The lowest BCUT2D eigenvalue weighted by Crippen LogP contribution is -2.56. The second-order valence-corrected chi connectivity index (χ2v) is 3.42. The third-order valence-electron chi connectivity index (χ3n) is 2.31. The molecule has 16 heavy (non-hydrogen) atoms. The number of carboxylic acid groups (broad SMARTS) is 1. The minimum absolute atomic E-state index is 0.0664. The van der Waals surface area contributed by atoms with Crippen LogP contribution in [0, 0.1) is 0 Å². The summed E-state index contributed by atoms with van der Waals surface area (Å²) in [6.07, 6.45) is 0.238. The Morgan fingerprint density at radius 2 is 2.38 bits per heavy atom. The van der Waals surface area contributed by atoms with E-state index in [1.165, 1.54) is 11.0 Å². The molecule has 0 aliphatic carbocycles. The summed E-state index contributed by atoms with van der Waals surface area (Å²) in [6.45, 7) is 5.63. The van der Waals surface area contributed by atoms with Gasteiger partial charge in [0, 0.05) is 6.54 Å². The normalized spacial score (nSPS) is 24.9. The van der Waals surface area contributed by atoms with Gasteiger partial charge in [0.2, 0.25) is 0 Å². The van der Waals surface area contributed by atoms with Crippen molar-refractivity contribution in [1.82, 2.24) is 4.90 Å². The topological polar surface area (TPSA) is 76.1 Å². The number of amides is 1. The minimum atomic E-state index is -1.09. The highest BCUT2D eigenvalue weighted by Crippen LogP contribution is 2.15. The molecule has 1 aliphatic heterocycles. The van der Waals surface area contributed by atoms with E-state index >= 15 is 0 Å². The molecule has 1 saturated heterocycles. The van der Waals surface area contributed by atoms with Crippen LogP contribution in [0.15, 0.2) is 12.7 Å². The molecule has 90 valence electrons. The van der Waals surface area contributed by atoms with Crippen molar-refractivity contribution in [2.24, 2.45) is 0 Å². The van der Waals surface area contributed by atoms with Crippen molar-refractivity contribution < 1.29 is 24.2 Å². The molecule has 0 bridgehead atoms. The van der Waals surface area contributed by atoms with E-state index in [0.29, 0.717) is 6.61 Å². The van der Waals surface area contributed by atoms with Crippen LogP contribution in [-0.4, -0.2) is 54.0 Å². The van der Waals surface area contributed by atoms with Crippen LogP contribution in [0.25, 0.3) is 0 Å². The molecule has 0 aromatic rings. The van der Waals surface area contributed by atoms with Crippen molar-refractivity contribution in [3.05, 3.63) is 12.7 Å². The van der Waals surface area contributed by atoms with Gasteiger partial charge in [-0.15, -0.1) is 0 Å². The summed E-state index contributed by atoms with van der Waals surface area (Å²) in [6, 6.07) is -0.994. The van der Waals surface area contributed by atoms with E-state index in [0.717, 1.165) is 0 Å². The maximum Gasteiger partial charge on any atom is 0.411 e. The molecule has 1 N–H and O–H groups in total. The Morgan fingerprint density at radius 3 is 2.94 bits per heavy atom. The Labute approximate surface area is 93.4 Å². The zero-order chi connectivity index (χ0) is 12.1. The van der Waals surface area contributed by atoms with Gasteiger partial charge >= 0.3 is 12.1 Å². The number of carbonyl (C=O) groups is 2. The summed E-state index contributed by atoms with van der Waals surface area (Å²) in [4.78, 5) is 23.7. The van der Waals surface area contributed by atoms with Gasteiger partial charge in [0.1, 0.15) is 6.61 Å². The monoisotopic (exact) mass is 229 g/mol. The van der Waals surface area contributed by atoms with Crippen molar-refractivity contribution in [3.8, 4) is 0 Å². The number of carboxylic acids is 1. The number of rotatable bonds is 3. The van der Waals surface area contributed by atoms with Gasteiger partial charge in [-0.2, -0.15) is 0 Å². The predicted octanol–water partition coefficient (Wildman–Crippen LogP) is 0.483. The molecule has 6 heteroatoms. The summed E-state index contributed by atoms with van der Waals surface area (Å²) in [5.41, 5.74) is 0. The summed E-state index contributed by atoms with van der Waals surface area (Å²) in [7, 11) is 0. The maximum absolute atomic E-state index is 11.6. The second kappa shape index (κ2) is 5.50. The molecule has 0 radical (unpaired) electrons. The smallest absolute Gasteiger partial charge is 0.411 e. The fourth-order valence-electron chi connectivity index (χ4n) is 1.57. The van der Waals surface area contributed by atoms with Gasteiger partial charge in [0.05, 0.1) is 12.7 Å². The molecule has 0 spiro atoms. The van der Waals surface area contributed by atoms with Crippen molar-refractivity contribution in [2.75, 3.05) is 19.8 Å². The fraction of sp³-hybridized carbons (Fsp3) is 0.600. The van der Waals surface area contributed by atoms with Crippen LogP contribution < -0.4 is 0 Å². The van der Waals surface area contributed by atoms with Gasteiger partial charge in [-0.3, -0.25) is 4.90 Å². The molecule has 0 aromatic heterocycles. The maximum atomic E-state index is 11.6. The summed E-state index contributed by atoms with van der Waals surface area (Å²) in [5.74, 6) is -1.09. The average Bonchev–Trinajstić information content (AvgIpc) is 2.24. The number of hydrogen-bond donors (Lipinski definition) is 1. The Balaban J connectivity index is 2.70. The predicted molar refractivity (Wildman–Crippen MR) is 55.1 cm³/mol. The van der Waals surface area contributed by atoms with Crippen LogP contribution >= 0.6 is 0 Å². The summed E-state index contributed by atoms with van der Waals surface area (Å²) < 4.78 is 10.00. The van der Waals surface area contributed by atoms with Crippen LogP contribution in [0.2, 0.25) is 0 Å². The number of nitrogens with zero attached hydrogens (tertiary/aromatic N) is 1. The molecule has 1 fully saturated rings.